The van der Waals surface area contributed by atoms with E-state index >= 15 is 0 Å². The first-order valence-electron chi connectivity index (χ1n) is 12.4. The molecule has 1 aliphatic heterocycles. The Hall–Kier alpha value is -3.88. The highest BCUT2D eigenvalue weighted by Gasteiger charge is 2.46. The number of carbonyl (C=O) groups is 2. The van der Waals surface area contributed by atoms with Gasteiger partial charge in [0.15, 0.2) is 23.1 Å². The van der Waals surface area contributed by atoms with Crippen molar-refractivity contribution < 1.29 is 33.6 Å². The average molecular weight is 520 g/mol. The van der Waals surface area contributed by atoms with Gasteiger partial charge in [0.05, 0.1) is 46.5 Å². The number of hydrogen-bond acceptors (Lipinski definition) is 8. The minimum absolute atomic E-state index is 0.228. The summed E-state index contributed by atoms with van der Waals surface area (Å²) in [5, 5.41) is 15.0. The minimum Gasteiger partial charge on any atom is -0.497 e. The van der Waals surface area contributed by atoms with E-state index < -0.39 is 24.0 Å². The second-order valence-electron chi connectivity index (χ2n) is 9.12. The van der Waals surface area contributed by atoms with Gasteiger partial charge in [0, 0.05) is 22.6 Å². The van der Waals surface area contributed by atoms with Crippen LogP contribution in [0, 0.1) is 11.8 Å². The molecule has 0 radical (unpaired) electrons. The molecule has 3 aromatic rings. The summed E-state index contributed by atoms with van der Waals surface area (Å²) in [6, 6.07) is 18.0. The van der Waals surface area contributed by atoms with Crippen LogP contribution < -0.4 is 24.3 Å². The molecule has 0 aromatic heterocycles. The number of ketones is 2. The van der Waals surface area contributed by atoms with Gasteiger partial charge in [-0.05, 0) is 67.6 Å². The zero-order valence-electron chi connectivity index (χ0n) is 22.0. The number of Topliss-reactive ketones (excluding diaryl/α,β-unsaturated/α-hetero) is 2. The van der Waals surface area contributed by atoms with Crippen LogP contribution in [0.1, 0.15) is 38.8 Å². The van der Waals surface area contributed by atoms with Crippen molar-refractivity contribution in [2.24, 2.45) is 11.8 Å². The van der Waals surface area contributed by atoms with Gasteiger partial charge in [0.2, 0.25) is 0 Å². The number of carbonyl (C=O) groups excluding carboxylic acids is 2. The molecule has 3 aromatic carbocycles. The van der Waals surface area contributed by atoms with Gasteiger partial charge in [-0.3, -0.25) is 9.59 Å². The number of benzene rings is 3. The van der Waals surface area contributed by atoms with Gasteiger partial charge in [-0.25, -0.2) is 0 Å². The number of piperidine rings is 1. The summed E-state index contributed by atoms with van der Waals surface area (Å²) in [4.78, 5) is 27.8. The number of para-hydroxylation sites is 1. The Morgan fingerprint density at radius 1 is 0.789 bits per heavy atom. The van der Waals surface area contributed by atoms with Crippen molar-refractivity contribution in [1.82, 2.24) is 5.32 Å². The monoisotopic (exact) mass is 519 g/mol. The second kappa shape index (κ2) is 12.1. The highest BCUT2D eigenvalue weighted by molar-refractivity contribution is 6.07. The summed E-state index contributed by atoms with van der Waals surface area (Å²) in [5.41, 5.74) is 1.38. The molecule has 4 atom stereocenters. The number of hydrogen-bond donors (Lipinski definition) is 2. The zero-order valence-corrected chi connectivity index (χ0v) is 22.0. The van der Waals surface area contributed by atoms with E-state index in [2.05, 4.69) is 5.32 Å². The molecule has 1 unspecified atom stereocenters. The first kappa shape index (κ1) is 27.2. The number of methoxy groups -OCH3 is 4. The molecule has 0 spiro atoms. The van der Waals surface area contributed by atoms with Gasteiger partial charge in [0.25, 0.3) is 0 Å². The summed E-state index contributed by atoms with van der Waals surface area (Å²) >= 11 is 0. The van der Waals surface area contributed by atoms with Crippen molar-refractivity contribution in [3.05, 3.63) is 83.4 Å². The summed E-state index contributed by atoms with van der Waals surface area (Å²) in [6.07, 6.45) is -0.610. The Morgan fingerprint density at radius 3 is 1.89 bits per heavy atom. The van der Waals surface area contributed by atoms with Crippen molar-refractivity contribution in [2.75, 3.05) is 35.0 Å². The van der Waals surface area contributed by atoms with E-state index in [4.69, 9.17) is 18.9 Å². The molecular formula is C30H33NO7. The van der Waals surface area contributed by atoms with Crippen LogP contribution in [0.15, 0.2) is 66.7 Å². The van der Waals surface area contributed by atoms with E-state index in [1.54, 1.807) is 80.9 Å². The maximum absolute atomic E-state index is 14.0. The molecule has 1 fully saturated rings. The molecule has 1 saturated heterocycles. The van der Waals surface area contributed by atoms with Crippen LogP contribution >= 0.6 is 0 Å². The summed E-state index contributed by atoms with van der Waals surface area (Å²) in [7, 11) is 6.14. The predicted octanol–water partition coefficient (Wildman–Crippen LogP) is 4.11. The predicted molar refractivity (Wildman–Crippen MR) is 143 cm³/mol. The van der Waals surface area contributed by atoms with Gasteiger partial charge in [-0.2, -0.15) is 0 Å². The van der Waals surface area contributed by atoms with Gasteiger partial charge in [-0.15, -0.1) is 0 Å². The van der Waals surface area contributed by atoms with Crippen molar-refractivity contribution in [2.45, 2.75) is 18.6 Å². The third kappa shape index (κ3) is 5.37. The number of ether oxygens (including phenoxy) is 4. The van der Waals surface area contributed by atoms with Gasteiger partial charge >= 0.3 is 0 Å². The van der Waals surface area contributed by atoms with E-state index in [9.17, 15) is 14.7 Å². The molecule has 1 heterocycles. The number of rotatable bonds is 10. The third-order valence-electron chi connectivity index (χ3n) is 7.15. The third-order valence-corrected chi connectivity index (χ3v) is 7.15. The molecule has 0 aliphatic carbocycles. The van der Waals surface area contributed by atoms with Crippen molar-refractivity contribution in [1.29, 1.82) is 0 Å². The Kier molecular flexibility index (Phi) is 8.66. The molecule has 38 heavy (non-hydrogen) atoms. The fourth-order valence-corrected chi connectivity index (χ4v) is 5.17. The van der Waals surface area contributed by atoms with Crippen LogP contribution in [0.4, 0.5) is 0 Å². The van der Waals surface area contributed by atoms with Crippen LogP contribution in [0.3, 0.4) is 0 Å². The van der Waals surface area contributed by atoms with Crippen molar-refractivity contribution in [3.63, 3.8) is 0 Å². The van der Waals surface area contributed by atoms with Gasteiger partial charge in [-0.1, -0.05) is 12.1 Å². The Labute approximate surface area is 222 Å². The van der Waals surface area contributed by atoms with Crippen molar-refractivity contribution >= 4 is 11.6 Å². The second-order valence-corrected chi connectivity index (χ2v) is 9.12. The maximum Gasteiger partial charge on any atom is 0.180 e. The van der Waals surface area contributed by atoms with Crippen LogP contribution in [0.25, 0.3) is 0 Å². The summed E-state index contributed by atoms with van der Waals surface area (Å²) in [5.74, 6) is 0.231. The number of nitrogens with one attached hydrogen (secondary N) is 1. The van der Waals surface area contributed by atoms with Crippen molar-refractivity contribution in [3.8, 4) is 23.0 Å². The first-order chi connectivity index (χ1) is 18.4. The standard InChI is InChI=1S/C30H33NO7/c1-35-20-12-8-18(9-13-20)27(32)25-22(29(34)23-6-5-7-24(37-3)30(23)38-4)16-17-31-26(25)28(33)19-10-14-21(36-2)15-11-19/h5-15,22,25-26,29,31,34H,16-17H2,1-4H3/t22?,25-,26-,29-/m1/s1. The fraction of sp³-hybridized carbons (Fsp3) is 0.333. The molecule has 0 bridgehead atoms. The molecule has 4 rings (SSSR count). The summed E-state index contributed by atoms with van der Waals surface area (Å²) in [6.45, 7) is 0.451. The number of aliphatic hydroxyl groups is 1. The SMILES string of the molecule is COc1ccc(C(=O)[C@@H]2C([C@@H](O)c3cccc(OC)c3OC)CCN[C@H]2C(=O)c2ccc(OC)cc2)cc1. The largest absolute Gasteiger partial charge is 0.497 e. The molecule has 200 valence electrons. The highest BCUT2D eigenvalue weighted by Crippen LogP contribution is 2.43. The lowest BCUT2D eigenvalue weighted by Gasteiger charge is -2.40. The topological polar surface area (TPSA) is 103 Å². The molecule has 2 N–H and O–H groups in total. The highest BCUT2D eigenvalue weighted by atomic mass is 16.5. The zero-order chi connectivity index (χ0) is 27.2. The van der Waals surface area contributed by atoms with Gasteiger partial charge in [0.1, 0.15) is 11.5 Å². The van der Waals surface area contributed by atoms with Crippen LogP contribution in [0.5, 0.6) is 23.0 Å². The molecule has 0 amide bonds. The lowest BCUT2D eigenvalue weighted by Crippen LogP contribution is -2.54. The van der Waals surface area contributed by atoms with E-state index in [1.165, 1.54) is 14.2 Å². The molecule has 8 heteroatoms. The maximum atomic E-state index is 14.0. The molecular weight excluding hydrogens is 486 g/mol. The number of aliphatic hydroxyl groups excluding tert-OH is 1. The van der Waals surface area contributed by atoms with E-state index in [-0.39, 0.29) is 11.6 Å². The molecule has 1 aliphatic rings. The average Bonchev–Trinajstić information content (AvgIpc) is 2.99. The lowest BCUT2D eigenvalue weighted by molar-refractivity contribution is 0.0290. The minimum atomic E-state index is -1.08. The molecule has 8 nitrogen and oxygen atoms in total. The van der Waals surface area contributed by atoms with Gasteiger partial charge < -0.3 is 29.4 Å². The summed E-state index contributed by atoms with van der Waals surface area (Å²) < 4.78 is 21.5. The van der Waals surface area contributed by atoms with E-state index in [0.717, 1.165) is 0 Å². The van der Waals surface area contributed by atoms with Crippen LogP contribution in [0.2, 0.25) is 0 Å². The first-order valence-corrected chi connectivity index (χ1v) is 12.4. The van der Waals surface area contributed by atoms with Crippen LogP contribution in [-0.2, 0) is 0 Å². The van der Waals surface area contributed by atoms with Crippen LogP contribution in [-0.4, -0.2) is 57.7 Å². The normalized spacial score (nSPS) is 19.8. The quantitative estimate of drug-likeness (QED) is 0.386. The smallest absolute Gasteiger partial charge is 0.180 e. The Bertz CT molecular complexity index is 1260. The molecule has 0 saturated carbocycles. The Morgan fingerprint density at radius 2 is 1.37 bits per heavy atom. The van der Waals surface area contributed by atoms with E-state index in [1.807, 2.05) is 0 Å². The lowest BCUT2D eigenvalue weighted by atomic mass is 9.70. The fourth-order valence-electron chi connectivity index (χ4n) is 5.17. The Balaban J connectivity index is 1.77. The van der Waals surface area contributed by atoms with E-state index in [0.29, 0.717) is 52.7 Å².